The van der Waals surface area contributed by atoms with Crippen LogP contribution in [0.4, 0.5) is 0 Å². The monoisotopic (exact) mass is 472 g/mol. The molecule has 4 fully saturated rings. The van der Waals surface area contributed by atoms with Gasteiger partial charge in [0.2, 0.25) is 0 Å². The van der Waals surface area contributed by atoms with Gasteiger partial charge in [0.1, 0.15) is 0 Å². The van der Waals surface area contributed by atoms with Crippen molar-refractivity contribution in [3.05, 3.63) is 0 Å². The Bertz CT molecular complexity index is 505. The lowest BCUT2D eigenvalue weighted by Gasteiger charge is -2.52. The molecule has 4 rings (SSSR count). The summed E-state index contributed by atoms with van der Waals surface area (Å²) in [5, 5.41) is 0. The summed E-state index contributed by atoms with van der Waals surface area (Å²) in [5.74, 6) is 9.37. The first-order chi connectivity index (χ1) is 16.7. The van der Waals surface area contributed by atoms with E-state index >= 15 is 0 Å². The van der Waals surface area contributed by atoms with Crippen LogP contribution in [0.5, 0.6) is 0 Å². The van der Waals surface area contributed by atoms with Gasteiger partial charge in [0.05, 0.1) is 6.10 Å². The van der Waals surface area contributed by atoms with Crippen LogP contribution in [0.25, 0.3) is 0 Å². The molecule has 0 N–H and O–H groups in total. The van der Waals surface area contributed by atoms with Gasteiger partial charge in [0, 0.05) is 7.11 Å². The quantitative estimate of drug-likeness (QED) is 0.324. The van der Waals surface area contributed by atoms with Gasteiger partial charge in [0.25, 0.3) is 0 Å². The summed E-state index contributed by atoms with van der Waals surface area (Å²) in [6.45, 7) is 7.30. The summed E-state index contributed by atoms with van der Waals surface area (Å²) < 4.78 is 5.77. The third-order valence-electron chi connectivity index (χ3n) is 11.8. The summed E-state index contributed by atoms with van der Waals surface area (Å²) >= 11 is 0. The summed E-state index contributed by atoms with van der Waals surface area (Å²) in [6.07, 6.45) is 29.0. The van der Waals surface area contributed by atoms with Crippen molar-refractivity contribution < 1.29 is 4.74 Å². The van der Waals surface area contributed by atoms with Gasteiger partial charge in [-0.25, -0.2) is 0 Å². The molecule has 0 saturated heterocycles. The Morgan fingerprint density at radius 3 is 1.35 bits per heavy atom. The molecular weight excluding hydrogens is 412 g/mol. The van der Waals surface area contributed by atoms with Crippen molar-refractivity contribution in [1.29, 1.82) is 0 Å². The first-order valence-electron chi connectivity index (χ1n) is 16.2. The highest BCUT2D eigenvalue weighted by molar-refractivity contribution is 4.96. The average Bonchev–Trinajstić information content (AvgIpc) is 2.89. The van der Waals surface area contributed by atoms with Crippen molar-refractivity contribution in [3.63, 3.8) is 0 Å². The lowest BCUT2D eigenvalue weighted by Crippen LogP contribution is -2.43. The number of ether oxygens (including phenoxy) is 1. The Morgan fingerprint density at radius 1 is 0.500 bits per heavy atom. The Kier molecular flexibility index (Phi) is 10.7. The van der Waals surface area contributed by atoms with E-state index in [1.165, 1.54) is 77.0 Å². The van der Waals surface area contributed by atoms with Gasteiger partial charge < -0.3 is 4.74 Å². The molecule has 6 unspecified atom stereocenters. The molecule has 0 bridgehead atoms. The average molecular weight is 473 g/mol. The highest BCUT2D eigenvalue weighted by Gasteiger charge is 2.46. The second kappa shape index (κ2) is 13.5. The third kappa shape index (κ3) is 6.63. The van der Waals surface area contributed by atoms with Crippen LogP contribution in [0.1, 0.15) is 143 Å². The van der Waals surface area contributed by atoms with Gasteiger partial charge in [-0.15, -0.1) is 0 Å². The van der Waals surface area contributed by atoms with Crippen LogP contribution < -0.4 is 0 Å². The van der Waals surface area contributed by atoms with E-state index in [2.05, 4.69) is 20.8 Å². The van der Waals surface area contributed by atoms with Crippen molar-refractivity contribution >= 4 is 0 Å². The van der Waals surface area contributed by atoms with Gasteiger partial charge in [-0.3, -0.25) is 0 Å². The largest absolute Gasteiger partial charge is 0.381 e. The first kappa shape index (κ1) is 27.0. The van der Waals surface area contributed by atoms with E-state index < -0.39 is 0 Å². The Morgan fingerprint density at radius 2 is 0.941 bits per heavy atom. The summed E-state index contributed by atoms with van der Waals surface area (Å²) in [6, 6.07) is 0. The second-order valence-electron chi connectivity index (χ2n) is 13.6. The molecule has 1 nitrogen and oxygen atoms in total. The standard InChI is InChI=1S/C33H60O/c1-5-8-25-12-20-30(27-14-10-24(7-3)11-15-27)32(22-25)33-23-26(9-6-2)13-21-31(33)28-16-18-29(34-4)19-17-28/h24-33H,5-23H2,1-4H3. The minimum atomic E-state index is 0.552. The molecule has 0 radical (unpaired) electrons. The smallest absolute Gasteiger partial charge is 0.0571 e. The Balaban J connectivity index is 1.53. The van der Waals surface area contributed by atoms with Gasteiger partial charge in [-0.05, 0) is 117 Å². The number of hydrogen-bond acceptors (Lipinski definition) is 1. The van der Waals surface area contributed by atoms with E-state index in [1.807, 2.05) is 7.11 Å². The highest BCUT2D eigenvalue weighted by atomic mass is 16.5. The lowest BCUT2D eigenvalue weighted by molar-refractivity contribution is -0.0313. The molecule has 0 aromatic rings. The van der Waals surface area contributed by atoms with Crippen LogP contribution in [0.2, 0.25) is 0 Å². The zero-order chi connectivity index (χ0) is 23.9. The molecule has 0 heterocycles. The molecular formula is C33H60O. The van der Waals surface area contributed by atoms with E-state index in [0.717, 1.165) is 53.3 Å². The van der Waals surface area contributed by atoms with Crippen molar-refractivity contribution in [3.8, 4) is 0 Å². The number of methoxy groups -OCH3 is 1. The third-order valence-corrected chi connectivity index (χ3v) is 11.8. The van der Waals surface area contributed by atoms with Crippen molar-refractivity contribution in [2.45, 2.75) is 149 Å². The molecule has 0 aromatic heterocycles. The van der Waals surface area contributed by atoms with Crippen LogP contribution in [0.3, 0.4) is 0 Å². The minimum Gasteiger partial charge on any atom is -0.381 e. The lowest BCUT2D eigenvalue weighted by atomic mass is 9.53. The predicted octanol–water partition coefficient (Wildman–Crippen LogP) is 10.1. The highest BCUT2D eigenvalue weighted by Crippen LogP contribution is 2.55. The number of hydrogen-bond donors (Lipinski definition) is 0. The molecule has 198 valence electrons. The molecule has 4 aliphatic carbocycles. The van der Waals surface area contributed by atoms with E-state index in [-0.39, 0.29) is 0 Å². The molecule has 0 spiro atoms. The Labute approximate surface area is 214 Å². The molecule has 6 atom stereocenters. The van der Waals surface area contributed by atoms with Crippen molar-refractivity contribution in [2.24, 2.45) is 53.3 Å². The molecule has 34 heavy (non-hydrogen) atoms. The van der Waals surface area contributed by atoms with Crippen molar-refractivity contribution in [1.82, 2.24) is 0 Å². The fourth-order valence-electron chi connectivity index (χ4n) is 9.91. The predicted molar refractivity (Wildman–Crippen MR) is 147 cm³/mol. The molecule has 0 amide bonds. The molecule has 0 aromatic carbocycles. The van der Waals surface area contributed by atoms with E-state index in [4.69, 9.17) is 4.74 Å². The zero-order valence-corrected chi connectivity index (χ0v) is 23.6. The first-order valence-corrected chi connectivity index (χ1v) is 16.2. The van der Waals surface area contributed by atoms with Crippen LogP contribution in [0, 0.1) is 53.3 Å². The second-order valence-corrected chi connectivity index (χ2v) is 13.6. The van der Waals surface area contributed by atoms with Crippen LogP contribution in [0.15, 0.2) is 0 Å². The van der Waals surface area contributed by atoms with Gasteiger partial charge in [-0.2, -0.15) is 0 Å². The molecule has 4 aliphatic rings. The fraction of sp³-hybridized carbons (Fsp3) is 1.00. The van der Waals surface area contributed by atoms with Crippen molar-refractivity contribution in [2.75, 3.05) is 7.11 Å². The van der Waals surface area contributed by atoms with Gasteiger partial charge in [0.15, 0.2) is 0 Å². The van der Waals surface area contributed by atoms with Gasteiger partial charge >= 0.3 is 0 Å². The maximum Gasteiger partial charge on any atom is 0.0571 e. The molecule has 1 heteroatoms. The Hall–Kier alpha value is -0.0400. The topological polar surface area (TPSA) is 9.23 Å². The van der Waals surface area contributed by atoms with E-state index in [1.54, 1.807) is 44.9 Å². The number of rotatable bonds is 9. The summed E-state index contributed by atoms with van der Waals surface area (Å²) in [7, 11) is 1.94. The van der Waals surface area contributed by atoms with Crippen LogP contribution in [-0.2, 0) is 4.74 Å². The minimum absolute atomic E-state index is 0.552. The molecule has 0 aliphatic heterocycles. The maximum atomic E-state index is 5.77. The summed E-state index contributed by atoms with van der Waals surface area (Å²) in [5.41, 5.74) is 0. The maximum absolute atomic E-state index is 5.77. The normalized spacial score (nSPS) is 44.1. The van der Waals surface area contributed by atoms with Gasteiger partial charge in [-0.1, -0.05) is 78.6 Å². The fourth-order valence-corrected chi connectivity index (χ4v) is 9.91. The van der Waals surface area contributed by atoms with Crippen LogP contribution in [-0.4, -0.2) is 13.2 Å². The zero-order valence-electron chi connectivity index (χ0n) is 23.6. The van der Waals surface area contributed by atoms with E-state index in [0.29, 0.717) is 6.10 Å². The van der Waals surface area contributed by atoms with E-state index in [9.17, 15) is 0 Å². The summed E-state index contributed by atoms with van der Waals surface area (Å²) in [4.78, 5) is 0. The SMILES string of the molecule is CCCC1CCC(C2CCC(CC)CC2)C(C2CC(CCC)CCC2C2CCC(OC)CC2)C1. The van der Waals surface area contributed by atoms with Crippen LogP contribution >= 0.6 is 0 Å². The molecule has 4 saturated carbocycles.